The first-order valence-corrected chi connectivity index (χ1v) is 3.39. The summed E-state index contributed by atoms with van der Waals surface area (Å²) < 4.78 is 0. The van der Waals surface area contributed by atoms with Crippen LogP contribution in [0.1, 0.15) is 5.56 Å². The fourth-order valence-corrected chi connectivity index (χ4v) is 0.838. The molecule has 0 amide bonds. The number of aliphatic hydroxyl groups excluding tert-OH is 1. The third kappa shape index (κ3) is 2.24. The fraction of sp³-hybridized carbons (Fsp3) is 0.286. The highest BCUT2D eigenvalue weighted by molar-refractivity contribution is 6.15. The number of anilines is 1. The van der Waals surface area contributed by atoms with Crippen LogP contribution >= 0.6 is 0 Å². The maximum absolute atomic E-state index is 8.61. The Hall–Kier alpha value is -1.03. The number of pyridine rings is 1. The summed E-state index contributed by atoms with van der Waals surface area (Å²) in [6.45, 7) is 0.147. The van der Waals surface area contributed by atoms with Crippen molar-refractivity contribution in [3.8, 4) is 0 Å². The molecule has 0 unspecified atom stereocenters. The summed E-state index contributed by atoms with van der Waals surface area (Å²) in [5, 5.41) is 11.0. The molecular formula is C7H9BN2O. The predicted molar refractivity (Wildman–Crippen MR) is 44.4 cm³/mol. The normalized spacial score (nSPS) is 9.55. The molecule has 4 heteroatoms. The van der Waals surface area contributed by atoms with Gasteiger partial charge in [-0.2, -0.15) is 0 Å². The van der Waals surface area contributed by atoms with E-state index in [-0.39, 0.29) is 6.61 Å². The van der Waals surface area contributed by atoms with Crippen molar-refractivity contribution in [1.29, 1.82) is 0 Å². The lowest BCUT2D eigenvalue weighted by atomic mass is 10.2. The zero-order valence-electron chi connectivity index (χ0n) is 6.12. The lowest BCUT2D eigenvalue weighted by molar-refractivity contribution is 0.299. The molecule has 1 aromatic heterocycles. The zero-order valence-corrected chi connectivity index (χ0v) is 6.12. The quantitative estimate of drug-likeness (QED) is 0.598. The molecule has 0 bridgehead atoms. The summed E-state index contributed by atoms with van der Waals surface area (Å²) >= 11 is 0. The second-order valence-corrected chi connectivity index (χ2v) is 2.17. The standard InChI is InChI=1S/C7H9BN2O/c8-10-7-5-6(2-4-11)1-3-9-7/h1,3,5,11H,2,4H2,(H,9,10). The topological polar surface area (TPSA) is 45.1 Å². The molecule has 1 aromatic rings. The number of rotatable bonds is 3. The molecular weight excluding hydrogens is 139 g/mol. The average Bonchev–Trinajstić information content (AvgIpc) is 2.06. The number of aromatic nitrogens is 1. The minimum absolute atomic E-state index is 0.147. The molecule has 0 fully saturated rings. The highest BCUT2D eigenvalue weighted by atomic mass is 16.2. The van der Waals surface area contributed by atoms with Crippen LogP contribution < -0.4 is 5.23 Å². The lowest BCUT2D eigenvalue weighted by Crippen LogP contribution is -1.96. The van der Waals surface area contributed by atoms with Gasteiger partial charge in [-0.05, 0) is 24.1 Å². The van der Waals surface area contributed by atoms with Crippen LogP contribution in [0.15, 0.2) is 18.3 Å². The van der Waals surface area contributed by atoms with Crippen LogP contribution in [0.5, 0.6) is 0 Å². The highest BCUT2D eigenvalue weighted by Crippen LogP contribution is 2.05. The number of aliphatic hydroxyl groups is 1. The van der Waals surface area contributed by atoms with Gasteiger partial charge >= 0.3 is 0 Å². The summed E-state index contributed by atoms with van der Waals surface area (Å²) in [7, 11) is 5.14. The van der Waals surface area contributed by atoms with Gasteiger partial charge in [0.25, 0.3) is 0 Å². The Morgan fingerprint density at radius 1 is 1.64 bits per heavy atom. The van der Waals surface area contributed by atoms with E-state index in [9.17, 15) is 0 Å². The van der Waals surface area contributed by atoms with Crippen LogP contribution in [0, 0.1) is 0 Å². The summed E-state index contributed by atoms with van der Waals surface area (Å²) in [5.41, 5.74) is 1.02. The fourth-order valence-electron chi connectivity index (χ4n) is 0.838. The van der Waals surface area contributed by atoms with E-state index >= 15 is 0 Å². The van der Waals surface area contributed by atoms with E-state index in [1.165, 1.54) is 0 Å². The van der Waals surface area contributed by atoms with Crippen LogP contribution in [-0.4, -0.2) is 24.7 Å². The Balaban J connectivity index is 2.74. The van der Waals surface area contributed by atoms with E-state index in [0.29, 0.717) is 12.2 Å². The molecule has 0 aliphatic rings. The minimum Gasteiger partial charge on any atom is -0.423 e. The van der Waals surface area contributed by atoms with Gasteiger partial charge in [-0.1, -0.05) is 0 Å². The molecule has 0 atom stereocenters. The molecule has 0 saturated carbocycles. The maximum Gasteiger partial charge on any atom is 0.224 e. The summed E-state index contributed by atoms with van der Waals surface area (Å²) in [6.07, 6.45) is 2.29. The molecule has 3 nitrogen and oxygen atoms in total. The van der Waals surface area contributed by atoms with Crippen molar-refractivity contribution in [2.45, 2.75) is 6.42 Å². The van der Waals surface area contributed by atoms with Gasteiger partial charge in [0.2, 0.25) is 7.98 Å². The van der Waals surface area contributed by atoms with Gasteiger partial charge < -0.3 is 10.3 Å². The first kappa shape index (κ1) is 8.08. The molecule has 2 N–H and O–H groups in total. The Kier molecular flexibility index (Phi) is 2.92. The van der Waals surface area contributed by atoms with Crippen LogP contribution in [0.2, 0.25) is 0 Å². The number of nitrogens with zero attached hydrogens (tertiary/aromatic N) is 1. The van der Waals surface area contributed by atoms with Gasteiger partial charge in [-0.3, -0.25) is 0 Å². The van der Waals surface area contributed by atoms with Crippen LogP contribution in [0.25, 0.3) is 0 Å². The first-order valence-electron chi connectivity index (χ1n) is 3.39. The van der Waals surface area contributed by atoms with E-state index < -0.39 is 0 Å². The number of nitrogens with one attached hydrogen (secondary N) is 1. The molecule has 1 heterocycles. The van der Waals surface area contributed by atoms with E-state index in [4.69, 9.17) is 13.1 Å². The summed E-state index contributed by atoms with van der Waals surface area (Å²) in [6, 6.07) is 3.65. The largest absolute Gasteiger partial charge is 0.423 e. The van der Waals surface area contributed by atoms with Crippen LogP contribution in [-0.2, 0) is 6.42 Å². The van der Waals surface area contributed by atoms with Gasteiger partial charge in [-0.15, -0.1) is 0 Å². The second-order valence-electron chi connectivity index (χ2n) is 2.17. The summed E-state index contributed by atoms with van der Waals surface area (Å²) in [4.78, 5) is 3.92. The smallest absolute Gasteiger partial charge is 0.224 e. The Bertz CT molecular complexity index is 229. The van der Waals surface area contributed by atoms with E-state index in [0.717, 1.165) is 5.56 Å². The van der Waals surface area contributed by atoms with Gasteiger partial charge in [0.15, 0.2) is 0 Å². The molecule has 2 radical (unpaired) electrons. The van der Waals surface area contributed by atoms with Gasteiger partial charge in [0.05, 0.1) is 0 Å². The summed E-state index contributed by atoms with van der Waals surface area (Å²) in [5.74, 6) is 0.621. The van der Waals surface area contributed by atoms with Crippen molar-refractivity contribution in [3.05, 3.63) is 23.9 Å². The van der Waals surface area contributed by atoms with Gasteiger partial charge in [0.1, 0.15) is 5.82 Å². The number of hydrogen-bond acceptors (Lipinski definition) is 3. The van der Waals surface area contributed by atoms with Crippen molar-refractivity contribution in [2.75, 3.05) is 11.8 Å². The molecule has 0 spiro atoms. The van der Waals surface area contributed by atoms with Gasteiger partial charge in [-0.25, -0.2) is 4.98 Å². The molecule has 1 rings (SSSR count). The van der Waals surface area contributed by atoms with Crippen molar-refractivity contribution < 1.29 is 5.11 Å². The van der Waals surface area contributed by atoms with Crippen molar-refractivity contribution in [1.82, 2.24) is 4.98 Å². The van der Waals surface area contributed by atoms with E-state index in [2.05, 4.69) is 10.2 Å². The van der Waals surface area contributed by atoms with Gasteiger partial charge in [0, 0.05) is 12.8 Å². The highest BCUT2D eigenvalue weighted by Gasteiger charge is 1.92. The SMILES string of the molecule is [B]Nc1cc(CCO)ccn1. The van der Waals surface area contributed by atoms with Crippen molar-refractivity contribution >= 4 is 13.8 Å². The third-order valence-electron chi connectivity index (χ3n) is 1.37. The van der Waals surface area contributed by atoms with Crippen LogP contribution in [0.4, 0.5) is 5.82 Å². The second kappa shape index (κ2) is 3.98. The Labute approximate surface area is 66.9 Å². The molecule has 0 saturated heterocycles. The monoisotopic (exact) mass is 148 g/mol. The number of hydrogen-bond donors (Lipinski definition) is 2. The molecule has 0 aromatic carbocycles. The molecule has 0 aliphatic carbocycles. The van der Waals surface area contributed by atoms with E-state index in [1.54, 1.807) is 12.3 Å². The van der Waals surface area contributed by atoms with Crippen LogP contribution in [0.3, 0.4) is 0 Å². The average molecular weight is 148 g/mol. The Morgan fingerprint density at radius 3 is 3.09 bits per heavy atom. The minimum atomic E-state index is 0.147. The Morgan fingerprint density at radius 2 is 2.45 bits per heavy atom. The van der Waals surface area contributed by atoms with Crippen molar-refractivity contribution in [3.63, 3.8) is 0 Å². The predicted octanol–water partition coefficient (Wildman–Crippen LogP) is 0.112. The maximum atomic E-state index is 8.61. The first-order chi connectivity index (χ1) is 5.36. The third-order valence-corrected chi connectivity index (χ3v) is 1.37. The van der Waals surface area contributed by atoms with E-state index in [1.807, 2.05) is 6.07 Å². The molecule has 56 valence electrons. The van der Waals surface area contributed by atoms with Crippen molar-refractivity contribution in [2.24, 2.45) is 0 Å². The molecule has 11 heavy (non-hydrogen) atoms. The lowest BCUT2D eigenvalue weighted by Gasteiger charge is -2.01. The molecule has 0 aliphatic heterocycles. The zero-order chi connectivity index (χ0) is 8.10.